The Bertz CT molecular complexity index is 3730. The van der Waals surface area contributed by atoms with Crippen molar-refractivity contribution in [3.05, 3.63) is 193 Å². The van der Waals surface area contributed by atoms with Crippen LogP contribution in [0.4, 0.5) is 0 Å². The quantitative estimate of drug-likeness (QED) is 0.168. The molecule has 0 unspecified atom stereocenters. The molecule has 1 aliphatic carbocycles. The smallest absolute Gasteiger partial charge is 0.178 e. The molecular formula is C57H36O2. The molecule has 12 aromatic rings. The van der Waals surface area contributed by atoms with Gasteiger partial charge in [-0.1, -0.05) is 141 Å². The highest BCUT2D eigenvalue weighted by atomic mass is 16.4. The number of furan rings is 2. The summed E-state index contributed by atoms with van der Waals surface area (Å²) in [5, 5.41) is 12.0. The highest BCUT2D eigenvalue weighted by Gasteiger charge is 2.35. The Morgan fingerprint density at radius 2 is 0.712 bits per heavy atom. The van der Waals surface area contributed by atoms with Crippen LogP contribution in [0.15, 0.2) is 191 Å². The predicted octanol–water partition coefficient (Wildman–Crippen LogP) is 16.3. The zero-order valence-electron chi connectivity index (χ0n) is 32.6. The molecule has 10 aromatic carbocycles. The van der Waals surface area contributed by atoms with Crippen molar-refractivity contribution in [2.24, 2.45) is 0 Å². The number of rotatable bonds is 3. The van der Waals surface area contributed by atoms with E-state index in [-0.39, 0.29) is 5.41 Å². The zero-order chi connectivity index (χ0) is 39.0. The van der Waals surface area contributed by atoms with Gasteiger partial charge < -0.3 is 8.83 Å². The molecule has 0 saturated carbocycles. The van der Waals surface area contributed by atoms with E-state index in [1.165, 1.54) is 82.4 Å². The van der Waals surface area contributed by atoms with E-state index in [0.29, 0.717) is 0 Å². The molecule has 2 aromatic heterocycles. The van der Waals surface area contributed by atoms with Gasteiger partial charge in [-0.2, -0.15) is 0 Å². The Morgan fingerprint density at radius 1 is 0.288 bits per heavy atom. The van der Waals surface area contributed by atoms with Gasteiger partial charge in [0.15, 0.2) is 11.2 Å². The molecule has 0 atom stereocenters. The summed E-state index contributed by atoms with van der Waals surface area (Å²) in [6.07, 6.45) is 0. The molecule has 0 saturated heterocycles. The molecule has 59 heavy (non-hydrogen) atoms. The molecule has 1 aliphatic rings. The van der Waals surface area contributed by atoms with Crippen LogP contribution in [0.1, 0.15) is 25.0 Å². The van der Waals surface area contributed by atoms with E-state index < -0.39 is 0 Å². The lowest BCUT2D eigenvalue weighted by molar-refractivity contribution is 0.633. The minimum Gasteiger partial charge on any atom is -0.452 e. The van der Waals surface area contributed by atoms with E-state index in [4.69, 9.17) is 8.83 Å². The topological polar surface area (TPSA) is 26.3 Å². The fraction of sp³-hybridized carbons (Fsp3) is 0.0526. The lowest BCUT2D eigenvalue weighted by atomic mass is 9.81. The van der Waals surface area contributed by atoms with Crippen LogP contribution in [0, 0.1) is 0 Å². The van der Waals surface area contributed by atoms with Crippen molar-refractivity contribution >= 4 is 76.2 Å². The second-order valence-corrected chi connectivity index (χ2v) is 16.8. The molecule has 0 spiro atoms. The van der Waals surface area contributed by atoms with Gasteiger partial charge in [0.1, 0.15) is 11.2 Å². The van der Waals surface area contributed by atoms with Crippen LogP contribution in [0.3, 0.4) is 0 Å². The normalized spacial score (nSPS) is 13.4. The maximum Gasteiger partial charge on any atom is 0.178 e. The second kappa shape index (κ2) is 11.8. The highest BCUT2D eigenvalue weighted by molar-refractivity contribution is 6.26. The Labute approximate surface area is 340 Å². The fourth-order valence-corrected chi connectivity index (χ4v) is 10.3. The van der Waals surface area contributed by atoms with Gasteiger partial charge in [-0.3, -0.25) is 0 Å². The summed E-state index contributed by atoms with van der Waals surface area (Å²) in [5.41, 5.74) is 15.8. The van der Waals surface area contributed by atoms with E-state index in [1.807, 2.05) is 0 Å². The van der Waals surface area contributed by atoms with Gasteiger partial charge in [0.2, 0.25) is 0 Å². The van der Waals surface area contributed by atoms with Crippen molar-refractivity contribution in [2.75, 3.05) is 0 Å². The Morgan fingerprint density at radius 3 is 1.32 bits per heavy atom. The van der Waals surface area contributed by atoms with Gasteiger partial charge in [0, 0.05) is 27.0 Å². The van der Waals surface area contributed by atoms with E-state index in [1.54, 1.807) is 0 Å². The Balaban J connectivity index is 0.884. The van der Waals surface area contributed by atoms with Crippen molar-refractivity contribution in [1.82, 2.24) is 0 Å². The molecule has 13 rings (SSSR count). The van der Waals surface area contributed by atoms with Gasteiger partial charge in [-0.25, -0.2) is 0 Å². The number of fused-ring (bicyclic) bond motifs is 16. The van der Waals surface area contributed by atoms with E-state index in [2.05, 4.69) is 196 Å². The second-order valence-electron chi connectivity index (χ2n) is 16.8. The highest BCUT2D eigenvalue weighted by Crippen LogP contribution is 2.50. The van der Waals surface area contributed by atoms with Gasteiger partial charge in [-0.05, 0) is 143 Å². The molecule has 0 aliphatic heterocycles. The van der Waals surface area contributed by atoms with E-state index in [0.717, 1.165) is 49.4 Å². The summed E-state index contributed by atoms with van der Waals surface area (Å²) in [6.45, 7) is 4.67. The molecular weight excluding hydrogens is 717 g/mol. The first-order chi connectivity index (χ1) is 29.0. The summed E-state index contributed by atoms with van der Waals surface area (Å²) in [4.78, 5) is 0. The third kappa shape index (κ3) is 4.63. The molecule has 276 valence electrons. The lowest BCUT2D eigenvalue weighted by Crippen LogP contribution is -2.14. The van der Waals surface area contributed by atoms with Crippen LogP contribution in [-0.4, -0.2) is 0 Å². The van der Waals surface area contributed by atoms with E-state index >= 15 is 0 Å². The zero-order valence-corrected chi connectivity index (χ0v) is 32.6. The van der Waals surface area contributed by atoms with Crippen molar-refractivity contribution in [3.8, 4) is 44.5 Å². The molecule has 2 heteroatoms. The minimum atomic E-state index is -0.0487. The minimum absolute atomic E-state index is 0.0487. The average molecular weight is 753 g/mol. The monoisotopic (exact) mass is 752 g/mol. The van der Waals surface area contributed by atoms with E-state index in [9.17, 15) is 0 Å². The molecule has 0 amide bonds. The summed E-state index contributed by atoms with van der Waals surface area (Å²) < 4.78 is 13.2. The lowest BCUT2D eigenvalue weighted by Gasteiger charge is -2.22. The molecule has 0 bridgehead atoms. The number of hydrogen-bond donors (Lipinski definition) is 0. The maximum absolute atomic E-state index is 6.61. The first kappa shape index (κ1) is 32.6. The van der Waals surface area contributed by atoms with Crippen molar-refractivity contribution < 1.29 is 8.83 Å². The van der Waals surface area contributed by atoms with Gasteiger partial charge in [0.25, 0.3) is 0 Å². The Kier molecular flexibility index (Phi) is 6.54. The standard InChI is InChI=1S/C57H36O2/c1-57(2)51-17-8-7-16-44(51)45-23-19-38(32-52(45)57)37-21-27-54-50(31-37)47-25-24-46-49-30-36(20-26-53(49)58-55(46)56(47)59-54)34-11-9-10-33(28-34)35-18-22-43-41-14-4-3-12-39(41)40-13-5-6-15-42(40)48(43)29-35/h3-32H,1-2H3. The fourth-order valence-electron chi connectivity index (χ4n) is 10.3. The van der Waals surface area contributed by atoms with Gasteiger partial charge in [-0.15, -0.1) is 0 Å². The van der Waals surface area contributed by atoms with Crippen LogP contribution < -0.4 is 0 Å². The Hall–Kier alpha value is -7.42. The van der Waals surface area contributed by atoms with Crippen molar-refractivity contribution in [3.63, 3.8) is 0 Å². The summed E-state index contributed by atoms with van der Waals surface area (Å²) in [7, 11) is 0. The van der Waals surface area contributed by atoms with Crippen LogP contribution in [-0.2, 0) is 5.41 Å². The maximum atomic E-state index is 6.61. The number of hydrogen-bond acceptors (Lipinski definition) is 2. The molecule has 2 heterocycles. The van der Waals surface area contributed by atoms with Crippen molar-refractivity contribution in [1.29, 1.82) is 0 Å². The van der Waals surface area contributed by atoms with Crippen LogP contribution in [0.2, 0.25) is 0 Å². The van der Waals surface area contributed by atoms with Gasteiger partial charge in [0.05, 0.1) is 0 Å². The average Bonchev–Trinajstić information content (AvgIpc) is 3.93. The molecule has 0 N–H and O–H groups in total. The molecule has 2 nitrogen and oxygen atoms in total. The third-order valence-corrected chi connectivity index (χ3v) is 13.3. The number of benzene rings is 10. The molecule has 0 radical (unpaired) electrons. The SMILES string of the molecule is CC1(C)c2ccccc2-c2ccc(-c3ccc4oc5c(ccc6c7cc(-c8cccc(-c9ccc%10c%11ccccc%11c%11ccccc%11c%10c9)c8)ccc7oc65)c4c3)cc21. The summed E-state index contributed by atoms with van der Waals surface area (Å²) in [5.74, 6) is 0. The summed E-state index contributed by atoms with van der Waals surface area (Å²) in [6, 6.07) is 66.6. The van der Waals surface area contributed by atoms with Crippen molar-refractivity contribution in [2.45, 2.75) is 19.3 Å². The van der Waals surface area contributed by atoms with Crippen LogP contribution in [0.5, 0.6) is 0 Å². The first-order valence-corrected chi connectivity index (χ1v) is 20.5. The van der Waals surface area contributed by atoms with Crippen LogP contribution in [0.25, 0.3) is 121 Å². The third-order valence-electron chi connectivity index (χ3n) is 13.3. The summed E-state index contributed by atoms with van der Waals surface area (Å²) >= 11 is 0. The van der Waals surface area contributed by atoms with Gasteiger partial charge >= 0.3 is 0 Å². The molecule has 0 fully saturated rings. The van der Waals surface area contributed by atoms with Crippen LogP contribution >= 0.6 is 0 Å². The first-order valence-electron chi connectivity index (χ1n) is 20.5. The predicted molar refractivity (Wildman–Crippen MR) is 247 cm³/mol. The largest absolute Gasteiger partial charge is 0.452 e.